The van der Waals surface area contributed by atoms with E-state index in [1.807, 2.05) is 0 Å². The second-order valence-corrected chi connectivity index (χ2v) is 4.70. The number of ether oxygens (including phenoxy) is 1. The molecule has 17 heavy (non-hydrogen) atoms. The molecule has 1 atom stereocenters. The van der Waals surface area contributed by atoms with Crippen LogP contribution in [0.5, 0.6) is 5.75 Å². The molecule has 1 rings (SSSR count). The van der Waals surface area contributed by atoms with Gasteiger partial charge in [0.15, 0.2) is 6.10 Å². The predicted octanol–water partition coefficient (Wildman–Crippen LogP) is 3.46. The first kappa shape index (κ1) is 13.8. The van der Waals surface area contributed by atoms with Crippen molar-refractivity contribution < 1.29 is 23.0 Å². The van der Waals surface area contributed by atoms with Crippen LogP contribution >= 0.6 is 0 Å². The Morgan fingerprint density at radius 1 is 1.12 bits per heavy atom. The highest BCUT2D eigenvalue weighted by Crippen LogP contribution is 2.37. The molecule has 0 saturated carbocycles. The topological polar surface area (TPSA) is 29.5 Å². The van der Waals surface area contributed by atoms with E-state index < -0.39 is 17.9 Å². The molecule has 1 unspecified atom stereocenters. The molecular weight excluding hydrogens is 233 g/mol. The van der Waals surface area contributed by atoms with Crippen molar-refractivity contribution in [2.75, 3.05) is 0 Å². The summed E-state index contributed by atoms with van der Waals surface area (Å²) >= 11 is 0. The lowest BCUT2D eigenvalue weighted by molar-refractivity contribution is -0.207. The van der Waals surface area contributed by atoms with E-state index in [1.54, 1.807) is 26.8 Å². The Bertz CT molecular complexity index is 380. The van der Waals surface area contributed by atoms with Gasteiger partial charge in [-0.05, 0) is 26.8 Å². The average Bonchev–Trinajstić information content (AvgIpc) is 2.13. The maximum absolute atomic E-state index is 12.4. The monoisotopic (exact) mass is 248 g/mol. The number of hydrogen-bond acceptors (Lipinski definition) is 2. The molecule has 0 heterocycles. The fraction of sp³-hybridized carbons (Fsp3) is 0.500. The molecule has 0 aromatic heterocycles. The van der Waals surface area contributed by atoms with Crippen LogP contribution in [0.3, 0.4) is 0 Å². The van der Waals surface area contributed by atoms with Crippen molar-refractivity contribution in [1.82, 2.24) is 0 Å². The van der Waals surface area contributed by atoms with E-state index in [0.717, 1.165) is 0 Å². The Balaban J connectivity index is 3.08. The zero-order valence-corrected chi connectivity index (χ0v) is 9.88. The van der Waals surface area contributed by atoms with Crippen molar-refractivity contribution in [1.29, 1.82) is 0 Å². The molecule has 0 aliphatic carbocycles. The van der Waals surface area contributed by atoms with E-state index in [2.05, 4.69) is 0 Å². The summed E-state index contributed by atoms with van der Waals surface area (Å²) in [6.45, 7) is 5.18. The summed E-state index contributed by atoms with van der Waals surface area (Å²) in [6, 6.07) is 5.61. The Kier molecular flexibility index (Phi) is 3.71. The van der Waals surface area contributed by atoms with Gasteiger partial charge in [0.05, 0.1) is 0 Å². The lowest BCUT2D eigenvalue weighted by atomic mass is 10.1. The van der Waals surface area contributed by atoms with Crippen LogP contribution in [0.25, 0.3) is 0 Å². The van der Waals surface area contributed by atoms with Gasteiger partial charge in [-0.25, -0.2) is 0 Å². The van der Waals surface area contributed by atoms with Crippen LogP contribution in [0.4, 0.5) is 13.2 Å². The quantitative estimate of drug-likeness (QED) is 0.868. The predicted molar refractivity (Wildman–Crippen MR) is 57.8 cm³/mol. The highest BCUT2D eigenvalue weighted by molar-refractivity contribution is 5.36. The minimum absolute atomic E-state index is 0.0461. The van der Waals surface area contributed by atoms with Gasteiger partial charge < -0.3 is 9.84 Å². The molecule has 5 heteroatoms. The molecule has 0 radical (unpaired) electrons. The Morgan fingerprint density at radius 2 is 1.65 bits per heavy atom. The zero-order valence-electron chi connectivity index (χ0n) is 9.88. The fourth-order valence-corrected chi connectivity index (χ4v) is 1.31. The average molecular weight is 248 g/mol. The van der Waals surface area contributed by atoms with E-state index in [1.165, 1.54) is 18.2 Å². The summed E-state index contributed by atoms with van der Waals surface area (Å²) in [4.78, 5) is 0. The van der Waals surface area contributed by atoms with Crippen LogP contribution in [-0.4, -0.2) is 16.9 Å². The summed E-state index contributed by atoms with van der Waals surface area (Å²) in [7, 11) is 0. The zero-order chi connectivity index (χ0) is 13.3. The number of aliphatic hydroxyl groups excluding tert-OH is 1. The van der Waals surface area contributed by atoms with Gasteiger partial charge in [0.2, 0.25) is 0 Å². The third-order valence-corrected chi connectivity index (χ3v) is 1.94. The van der Waals surface area contributed by atoms with Crippen LogP contribution < -0.4 is 4.74 Å². The second kappa shape index (κ2) is 4.56. The molecule has 2 nitrogen and oxygen atoms in total. The number of aliphatic hydroxyl groups is 1. The van der Waals surface area contributed by atoms with Crippen LogP contribution in [-0.2, 0) is 0 Å². The molecule has 0 aliphatic rings. The number of rotatable bonds is 2. The molecular formula is C12H15F3O2. The lowest BCUT2D eigenvalue weighted by Crippen LogP contribution is -2.26. The highest BCUT2D eigenvalue weighted by atomic mass is 19.4. The Labute approximate surface area is 98.0 Å². The van der Waals surface area contributed by atoms with Gasteiger partial charge in [0, 0.05) is 5.56 Å². The summed E-state index contributed by atoms with van der Waals surface area (Å²) in [5.41, 5.74) is -0.892. The van der Waals surface area contributed by atoms with Crippen LogP contribution in [0.1, 0.15) is 32.4 Å². The Hall–Kier alpha value is -1.23. The SMILES string of the molecule is CC(C)(C)Oc1ccccc1C(O)C(F)(F)F. The molecule has 1 aromatic carbocycles. The summed E-state index contributed by atoms with van der Waals surface area (Å²) in [6.07, 6.45) is -7.22. The maximum Gasteiger partial charge on any atom is 0.418 e. The largest absolute Gasteiger partial charge is 0.488 e. The first-order chi connectivity index (χ1) is 7.61. The first-order valence-corrected chi connectivity index (χ1v) is 5.14. The summed E-state index contributed by atoms with van der Waals surface area (Å²) in [5, 5.41) is 9.23. The van der Waals surface area contributed by atoms with Crippen LogP contribution in [0.15, 0.2) is 24.3 Å². The van der Waals surface area contributed by atoms with E-state index in [-0.39, 0.29) is 11.3 Å². The number of benzene rings is 1. The first-order valence-electron chi connectivity index (χ1n) is 5.14. The molecule has 1 aromatic rings. The Morgan fingerprint density at radius 3 is 2.12 bits per heavy atom. The molecule has 0 aliphatic heterocycles. The summed E-state index contributed by atoms with van der Waals surface area (Å²) < 4.78 is 42.7. The smallest absolute Gasteiger partial charge is 0.418 e. The molecule has 0 saturated heterocycles. The van der Waals surface area contributed by atoms with E-state index in [9.17, 15) is 18.3 Å². The van der Waals surface area contributed by atoms with Crippen molar-refractivity contribution in [2.24, 2.45) is 0 Å². The van der Waals surface area contributed by atoms with Gasteiger partial charge in [0.25, 0.3) is 0 Å². The number of alkyl halides is 3. The van der Waals surface area contributed by atoms with Crippen molar-refractivity contribution in [2.45, 2.75) is 38.7 Å². The van der Waals surface area contributed by atoms with Gasteiger partial charge in [-0.15, -0.1) is 0 Å². The van der Waals surface area contributed by atoms with Crippen molar-refractivity contribution in [3.63, 3.8) is 0 Å². The van der Waals surface area contributed by atoms with Gasteiger partial charge in [-0.1, -0.05) is 18.2 Å². The summed E-state index contributed by atoms with van der Waals surface area (Å²) in [5.74, 6) is 0.0461. The van der Waals surface area contributed by atoms with E-state index in [0.29, 0.717) is 0 Å². The maximum atomic E-state index is 12.4. The minimum atomic E-state index is -4.70. The number of halogens is 3. The third-order valence-electron chi connectivity index (χ3n) is 1.94. The second-order valence-electron chi connectivity index (χ2n) is 4.70. The molecule has 96 valence electrons. The van der Waals surface area contributed by atoms with Crippen molar-refractivity contribution in [3.05, 3.63) is 29.8 Å². The molecule has 0 spiro atoms. The molecule has 0 bridgehead atoms. The fourth-order valence-electron chi connectivity index (χ4n) is 1.31. The minimum Gasteiger partial charge on any atom is -0.488 e. The lowest BCUT2D eigenvalue weighted by Gasteiger charge is -2.25. The normalized spacial score (nSPS) is 14.5. The van der Waals surface area contributed by atoms with Crippen LogP contribution in [0, 0.1) is 0 Å². The van der Waals surface area contributed by atoms with Crippen molar-refractivity contribution in [3.8, 4) is 5.75 Å². The highest BCUT2D eigenvalue weighted by Gasteiger charge is 2.41. The van der Waals surface area contributed by atoms with Gasteiger partial charge in [-0.3, -0.25) is 0 Å². The standard InChI is InChI=1S/C12H15F3O2/c1-11(2,3)17-9-7-5-4-6-8(9)10(16)12(13,14)15/h4-7,10,16H,1-3H3. The molecule has 1 N–H and O–H groups in total. The van der Waals surface area contributed by atoms with Gasteiger partial charge in [-0.2, -0.15) is 13.2 Å². The number of hydrogen-bond donors (Lipinski definition) is 1. The van der Waals surface area contributed by atoms with Gasteiger partial charge in [0.1, 0.15) is 11.4 Å². The molecule has 0 fully saturated rings. The van der Waals surface area contributed by atoms with Crippen LogP contribution in [0.2, 0.25) is 0 Å². The van der Waals surface area contributed by atoms with E-state index in [4.69, 9.17) is 4.74 Å². The van der Waals surface area contributed by atoms with E-state index >= 15 is 0 Å². The molecule has 0 amide bonds. The third kappa shape index (κ3) is 3.93. The van der Waals surface area contributed by atoms with Crippen molar-refractivity contribution >= 4 is 0 Å². The van der Waals surface area contributed by atoms with Gasteiger partial charge >= 0.3 is 6.18 Å². The number of para-hydroxylation sites is 1.